The molecule has 3 rings (SSSR count). The first-order valence-corrected chi connectivity index (χ1v) is 6.63. The van der Waals surface area contributed by atoms with E-state index < -0.39 is 16.4 Å². The third-order valence-corrected chi connectivity index (χ3v) is 3.27. The monoisotopic (exact) mass is 306 g/mol. The predicted octanol–water partition coefficient (Wildman–Crippen LogP) is 3.24. The van der Waals surface area contributed by atoms with Crippen molar-refractivity contribution in [1.29, 1.82) is 5.26 Å². The molecule has 0 spiro atoms. The first-order valence-electron chi connectivity index (χ1n) is 6.63. The van der Waals surface area contributed by atoms with Gasteiger partial charge in [-0.2, -0.15) is 5.26 Å². The molecule has 1 heterocycles. The van der Waals surface area contributed by atoms with Crippen molar-refractivity contribution in [3.8, 4) is 11.8 Å². The quantitative estimate of drug-likeness (QED) is 0.437. The van der Waals surface area contributed by atoms with Crippen LogP contribution in [-0.4, -0.2) is 20.0 Å². The second-order valence-corrected chi connectivity index (χ2v) is 4.78. The summed E-state index contributed by atoms with van der Waals surface area (Å²) in [7, 11) is 0. The number of H-pyrrole nitrogens is 1. The third kappa shape index (κ3) is 2.73. The maximum absolute atomic E-state index is 10.9. The van der Waals surface area contributed by atoms with E-state index in [4.69, 9.17) is 0 Å². The Kier molecular flexibility index (Phi) is 3.49. The van der Waals surface area contributed by atoms with Gasteiger partial charge in [0.05, 0.1) is 21.5 Å². The normalized spacial score (nSPS) is 11.3. The Morgan fingerprint density at radius 1 is 1.35 bits per heavy atom. The Morgan fingerprint density at radius 3 is 2.83 bits per heavy atom. The van der Waals surface area contributed by atoms with Crippen LogP contribution in [0.1, 0.15) is 11.4 Å². The van der Waals surface area contributed by atoms with Crippen molar-refractivity contribution in [2.75, 3.05) is 0 Å². The topological polar surface area (TPSA) is 116 Å². The molecule has 2 N–H and O–H groups in total. The number of nitro benzene ring substituents is 1. The van der Waals surface area contributed by atoms with E-state index in [9.17, 15) is 20.5 Å². The Morgan fingerprint density at radius 2 is 2.13 bits per heavy atom. The molecule has 3 aromatic rings. The molecule has 0 fully saturated rings. The van der Waals surface area contributed by atoms with Gasteiger partial charge in [-0.05, 0) is 29.8 Å². The van der Waals surface area contributed by atoms with Gasteiger partial charge in [-0.3, -0.25) is 10.1 Å². The average molecular weight is 306 g/mol. The maximum atomic E-state index is 10.9. The van der Waals surface area contributed by atoms with Gasteiger partial charge in [-0.15, -0.1) is 0 Å². The van der Waals surface area contributed by atoms with Gasteiger partial charge in [-0.25, -0.2) is 4.98 Å². The smallest absolute Gasteiger partial charge is 0.311 e. The number of nitro groups is 1. The number of benzene rings is 2. The van der Waals surface area contributed by atoms with Crippen molar-refractivity contribution in [2.24, 2.45) is 0 Å². The lowest BCUT2D eigenvalue weighted by atomic mass is 10.1. The first-order chi connectivity index (χ1) is 11.1. The van der Waals surface area contributed by atoms with E-state index in [1.54, 1.807) is 0 Å². The van der Waals surface area contributed by atoms with E-state index in [1.165, 1.54) is 24.3 Å². The van der Waals surface area contributed by atoms with Crippen molar-refractivity contribution in [3.05, 3.63) is 64.0 Å². The molecule has 0 radical (unpaired) electrons. The van der Waals surface area contributed by atoms with Gasteiger partial charge in [0, 0.05) is 6.07 Å². The lowest BCUT2D eigenvalue weighted by molar-refractivity contribution is -0.385. The van der Waals surface area contributed by atoms with Gasteiger partial charge in [0.25, 0.3) is 0 Å². The number of imidazole rings is 1. The number of rotatable bonds is 3. The summed E-state index contributed by atoms with van der Waals surface area (Å²) in [5.41, 5.74) is 1.76. The van der Waals surface area contributed by atoms with Crippen molar-refractivity contribution in [2.45, 2.75) is 0 Å². The molecular formula is C16H10N4O3. The Hall–Kier alpha value is -3.66. The van der Waals surface area contributed by atoms with Crippen LogP contribution < -0.4 is 0 Å². The van der Waals surface area contributed by atoms with Crippen molar-refractivity contribution in [3.63, 3.8) is 0 Å². The Bertz CT molecular complexity index is 949. The van der Waals surface area contributed by atoms with E-state index in [0.29, 0.717) is 11.4 Å². The number of nitrogens with one attached hydrogen (secondary N) is 1. The summed E-state index contributed by atoms with van der Waals surface area (Å²) in [5.74, 6) is -0.0428. The van der Waals surface area contributed by atoms with Crippen molar-refractivity contribution < 1.29 is 10.0 Å². The summed E-state index contributed by atoms with van der Waals surface area (Å²) >= 11 is 0. The van der Waals surface area contributed by atoms with Crippen LogP contribution in [0.4, 0.5) is 5.69 Å². The van der Waals surface area contributed by atoms with Crippen LogP contribution in [0.5, 0.6) is 5.75 Å². The molecule has 0 saturated carbocycles. The molecule has 0 saturated heterocycles. The highest BCUT2D eigenvalue weighted by molar-refractivity contribution is 5.90. The van der Waals surface area contributed by atoms with Crippen LogP contribution in [0.2, 0.25) is 0 Å². The number of allylic oxidation sites excluding steroid dienone is 1. The number of nitriles is 1. The molecule has 2 aromatic carbocycles. The number of nitrogens with zero attached hydrogens (tertiary/aromatic N) is 3. The number of aromatic amines is 1. The van der Waals surface area contributed by atoms with Gasteiger partial charge < -0.3 is 10.1 Å². The zero-order chi connectivity index (χ0) is 16.4. The number of aromatic nitrogens is 2. The van der Waals surface area contributed by atoms with E-state index in [2.05, 4.69) is 9.97 Å². The fourth-order valence-electron chi connectivity index (χ4n) is 2.18. The minimum Gasteiger partial charge on any atom is -0.502 e. The molecule has 0 aliphatic rings. The van der Waals surface area contributed by atoms with Crippen molar-refractivity contribution >= 4 is 28.4 Å². The van der Waals surface area contributed by atoms with Crippen LogP contribution in [0.15, 0.2) is 42.5 Å². The molecule has 7 nitrogen and oxygen atoms in total. The molecule has 23 heavy (non-hydrogen) atoms. The largest absolute Gasteiger partial charge is 0.502 e. The number of phenols is 1. The lowest BCUT2D eigenvalue weighted by Gasteiger charge is -1.99. The third-order valence-electron chi connectivity index (χ3n) is 3.27. The molecule has 0 amide bonds. The molecule has 112 valence electrons. The lowest BCUT2D eigenvalue weighted by Crippen LogP contribution is -1.90. The minimum atomic E-state index is -0.681. The van der Waals surface area contributed by atoms with Crippen LogP contribution in [-0.2, 0) is 0 Å². The van der Waals surface area contributed by atoms with E-state index in [-0.39, 0.29) is 5.57 Å². The standard InChI is InChI=1S/C16H10N4O3/c17-9-11(16-18-12-3-1-2-4-13(12)19-16)7-10-5-6-15(21)14(8-10)20(22)23/h1-8,21H,(H,18,19). The van der Waals surface area contributed by atoms with Crippen LogP contribution in [0.25, 0.3) is 22.7 Å². The zero-order valence-electron chi connectivity index (χ0n) is 11.7. The second-order valence-electron chi connectivity index (χ2n) is 4.78. The Labute approximate surface area is 130 Å². The molecule has 0 atom stereocenters. The van der Waals surface area contributed by atoms with Crippen LogP contribution >= 0.6 is 0 Å². The number of hydrogen-bond acceptors (Lipinski definition) is 5. The van der Waals surface area contributed by atoms with E-state index in [1.807, 2.05) is 30.3 Å². The van der Waals surface area contributed by atoms with Crippen molar-refractivity contribution in [1.82, 2.24) is 9.97 Å². The molecule has 0 aliphatic carbocycles. The van der Waals surface area contributed by atoms with Gasteiger partial charge >= 0.3 is 5.69 Å². The molecule has 7 heteroatoms. The number of aromatic hydroxyl groups is 1. The van der Waals surface area contributed by atoms with Gasteiger partial charge in [0.15, 0.2) is 5.75 Å². The summed E-state index contributed by atoms with van der Waals surface area (Å²) in [6.45, 7) is 0. The predicted molar refractivity (Wildman–Crippen MR) is 84.3 cm³/mol. The van der Waals surface area contributed by atoms with E-state index >= 15 is 0 Å². The van der Waals surface area contributed by atoms with Gasteiger partial charge in [0.1, 0.15) is 11.9 Å². The highest BCUT2D eigenvalue weighted by atomic mass is 16.6. The van der Waals surface area contributed by atoms with Crippen LogP contribution in [0.3, 0.4) is 0 Å². The highest BCUT2D eigenvalue weighted by Crippen LogP contribution is 2.28. The number of hydrogen-bond donors (Lipinski definition) is 2. The number of phenolic OH excluding ortho intramolecular Hbond substituents is 1. The number of fused-ring (bicyclic) bond motifs is 1. The summed E-state index contributed by atoms with van der Waals surface area (Å²) < 4.78 is 0. The first kappa shape index (κ1) is 14.3. The van der Waals surface area contributed by atoms with Crippen LogP contribution in [0, 0.1) is 21.4 Å². The van der Waals surface area contributed by atoms with Gasteiger partial charge in [0.2, 0.25) is 0 Å². The maximum Gasteiger partial charge on any atom is 0.311 e. The average Bonchev–Trinajstić information content (AvgIpc) is 2.97. The highest BCUT2D eigenvalue weighted by Gasteiger charge is 2.14. The summed E-state index contributed by atoms with van der Waals surface area (Å²) in [6, 6.07) is 13.3. The summed E-state index contributed by atoms with van der Waals surface area (Å²) in [4.78, 5) is 17.5. The molecular weight excluding hydrogens is 296 g/mol. The van der Waals surface area contributed by atoms with Gasteiger partial charge in [-0.1, -0.05) is 18.2 Å². The second kappa shape index (κ2) is 5.61. The van der Waals surface area contributed by atoms with E-state index in [0.717, 1.165) is 11.0 Å². The molecule has 0 aliphatic heterocycles. The molecule has 1 aromatic heterocycles. The zero-order valence-corrected chi connectivity index (χ0v) is 11.7. The Balaban J connectivity index is 2.07. The fraction of sp³-hybridized carbons (Fsp3) is 0. The minimum absolute atomic E-state index is 0.237. The fourth-order valence-corrected chi connectivity index (χ4v) is 2.18. The molecule has 0 unspecified atom stereocenters. The SMILES string of the molecule is N#CC(=Cc1ccc(O)c([N+](=O)[O-])c1)c1nc2ccccc2[nH]1. The number of para-hydroxylation sites is 2. The molecule has 0 bridgehead atoms. The summed E-state index contributed by atoms with van der Waals surface area (Å²) in [5, 5.41) is 29.7. The summed E-state index contributed by atoms with van der Waals surface area (Å²) in [6.07, 6.45) is 1.48.